The van der Waals surface area contributed by atoms with Gasteiger partial charge in [0.25, 0.3) is 0 Å². The minimum atomic E-state index is -1.22. The van der Waals surface area contributed by atoms with Gasteiger partial charge in [0, 0.05) is 35.1 Å². The van der Waals surface area contributed by atoms with Crippen molar-refractivity contribution in [2.24, 2.45) is 5.92 Å². The van der Waals surface area contributed by atoms with Gasteiger partial charge in [-0.15, -0.1) is 0 Å². The van der Waals surface area contributed by atoms with E-state index in [0.29, 0.717) is 24.0 Å². The number of rotatable bonds is 8. The molecule has 24 heavy (non-hydrogen) atoms. The van der Waals surface area contributed by atoms with Gasteiger partial charge in [0.1, 0.15) is 4.75 Å². The Bertz CT molecular complexity index is 605. The number of nitrogens with zero attached hydrogens (tertiary/aromatic N) is 1. The van der Waals surface area contributed by atoms with Crippen molar-refractivity contribution in [3.8, 4) is 0 Å². The second-order valence-corrected chi connectivity index (χ2v) is 9.71. The monoisotopic (exact) mass is 356 g/mol. The number of nitrogens with one attached hydrogen (secondary N) is 1. The zero-order chi connectivity index (χ0) is 18.0. The summed E-state index contributed by atoms with van der Waals surface area (Å²) in [6, 6.07) is 1.70. The number of ether oxygens (including phenoxy) is 1. The lowest BCUT2D eigenvalue weighted by atomic mass is 9.87. The molecular formula is C17H28N2O4S. The quantitative estimate of drug-likeness (QED) is 0.774. The molecule has 1 fully saturated rings. The van der Waals surface area contributed by atoms with Gasteiger partial charge in [-0.3, -0.25) is 14.3 Å². The lowest BCUT2D eigenvalue weighted by molar-refractivity contribution is -0.117. The van der Waals surface area contributed by atoms with Crippen LogP contribution in [0.5, 0.6) is 0 Å². The summed E-state index contributed by atoms with van der Waals surface area (Å²) in [7, 11) is 0.409. The van der Waals surface area contributed by atoms with Crippen LogP contribution in [-0.4, -0.2) is 39.5 Å². The normalized spacial score (nSPS) is 17.4. The summed E-state index contributed by atoms with van der Waals surface area (Å²) in [5, 5.41) is 6.72. The first-order valence-corrected chi connectivity index (χ1v) is 9.65. The molecule has 1 aromatic rings. The number of carbonyl (C=O) groups excluding carboxylic acids is 1. The van der Waals surface area contributed by atoms with Crippen LogP contribution in [0.25, 0.3) is 0 Å². The third-order valence-corrected chi connectivity index (χ3v) is 6.77. The van der Waals surface area contributed by atoms with E-state index in [4.69, 9.17) is 9.26 Å². The smallest absolute Gasteiger partial charge is 0.245 e. The number of carbonyl (C=O) groups is 1. The molecule has 0 aliphatic heterocycles. The molecule has 7 heteroatoms. The maximum Gasteiger partial charge on any atom is 0.245 e. The zero-order valence-electron chi connectivity index (χ0n) is 15.2. The van der Waals surface area contributed by atoms with Gasteiger partial charge in [-0.05, 0) is 32.6 Å². The average molecular weight is 356 g/mol. The van der Waals surface area contributed by atoms with Crippen molar-refractivity contribution < 1.29 is 18.3 Å². The summed E-state index contributed by atoms with van der Waals surface area (Å²) in [5.41, 5.74) is 0.386. The molecule has 1 saturated carbocycles. The van der Waals surface area contributed by atoms with E-state index in [-0.39, 0.29) is 17.2 Å². The van der Waals surface area contributed by atoms with Gasteiger partial charge in [-0.2, -0.15) is 0 Å². The van der Waals surface area contributed by atoms with Crippen LogP contribution in [0.2, 0.25) is 0 Å². The van der Waals surface area contributed by atoms with Crippen molar-refractivity contribution >= 4 is 22.6 Å². The molecular weight excluding hydrogens is 328 g/mol. The highest BCUT2D eigenvalue weighted by molar-refractivity contribution is 7.87. The maximum atomic E-state index is 12.5. The molecule has 1 amide bonds. The van der Waals surface area contributed by atoms with Crippen LogP contribution in [0, 0.1) is 5.92 Å². The van der Waals surface area contributed by atoms with E-state index in [1.54, 1.807) is 27.0 Å². The van der Waals surface area contributed by atoms with E-state index in [2.05, 4.69) is 10.5 Å². The van der Waals surface area contributed by atoms with Crippen LogP contribution in [0.3, 0.4) is 0 Å². The highest BCUT2D eigenvalue weighted by Crippen LogP contribution is 2.30. The standard InChI is InChI=1S/C17H28N2O4S/c1-16(2,11-22-5)13-9-14(23-19-13)18-15(20)17(3,4)24(21)10-12-7-6-8-12/h9,12H,6-8,10-11H2,1-5H3,(H,18,20). The van der Waals surface area contributed by atoms with Crippen molar-refractivity contribution in [1.29, 1.82) is 0 Å². The summed E-state index contributed by atoms with van der Waals surface area (Å²) >= 11 is 0. The number of amides is 1. The molecule has 0 radical (unpaired) electrons. The summed E-state index contributed by atoms with van der Waals surface area (Å²) in [4.78, 5) is 12.5. The maximum absolute atomic E-state index is 12.5. The zero-order valence-corrected chi connectivity index (χ0v) is 16.0. The van der Waals surface area contributed by atoms with E-state index in [9.17, 15) is 9.00 Å². The largest absolute Gasteiger partial charge is 0.384 e. The molecule has 1 atom stereocenters. The van der Waals surface area contributed by atoms with Gasteiger partial charge in [-0.1, -0.05) is 25.4 Å². The highest BCUT2D eigenvalue weighted by Gasteiger charge is 2.37. The number of methoxy groups -OCH3 is 1. The van der Waals surface area contributed by atoms with Crippen molar-refractivity contribution in [2.45, 2.75) is 57.1 Å². The minimum absolute atomic E-state index is 0.271. The molecule has 2 rings (SSSR count). The van der Waals surface area contributed by atoms with Crippen molar-refractivity contribution in [1.82, 2.24) is 5.16 Å². The lowest BCUT2D eigenvalue weighted by Crippen LogP contribution is -2.43. The molecule has 0 saturated heterocycles. The topological polar surface area (TPSA) is 81.4 Å². The minimum Gasteiger partial charge on any atom is -0.384 e. The second kappa shape index (κ2) is 7.35. The van der Waals surface area contributed by atoms with Crippen LogP contribution in [0.1, 0.15) is 52.7 Å². The van der Waals surface area contributed by atoms with Gasteiger partial charge in [0.05, 0.1) is 12.3 Å². The highest BCUT2D eigenvalue weighted by atomic mass is 32.2. The Hall–Kier alpha value is -1.21. The molecule has 1 unspecified atom stereocenters. The average Bonchev–Trinajstić information content (AvgIpc) is 2.91. The number of anilines is 1. The Labute approximate surface area is 146 Å². The predicted octanol–water partition coefficient (Wildman–Crippen LogP) is 2.86. The molecule has 1 aliphatic rings. The van der Waals surface area contributed by atoms with Crippen molar-refractivity contribution in [2.75, 3.05) is 24.8 Å². The molecule has 1 N–H and O–H groups in total. The van der Waals surface area contributed by atoms with E-state index in [1.807, 2.05) is 13.8 Å². The fourth-order valence-corrected chi connectivity index (χ4v) is 3.97. The summed E-state index contributed by atoms with van der Waals surface area (Å²) in [6.07, 6.45) is 3.43. The van der Waals surface area contributed by atoms with Crippen LogP contribution in [0.4, 0.5) is 5.88 Å². The van der Waals surface area contributed by atoms with E-state index in [1.165, 1.54) is 6.42 Å². The second-order valence-electron chi connectivity index (χ2n) is 7.67. The first-order chi connectivity index (χ1) is 11.2. The van der Waals surface area contributed by atoms with Gasteiger partial charge >= 0.3 is 0 Å². The molecule has 0 aromatic carbocycles. The van der Waals surface area contributed by atoms with E-state index >= 15 is 0 Å². The SMILES string of the molecule is COCC(C)(C)c1cc(NC(=O)C(C)(C)S(=O)CC2CCC2)on1. The first-order valence-electron chi connectivity index (χ1n) is 8.33. The Balaban J connectivity index is 2.00. The first kappa shape index (κ1) is 19.1. The Morgan fingerprint density at radius 3 is 2.62 bits per heavy atom. The third kappa shape index (κ3) is 4.25. The molecule has 136 valence electrons. The van der Waals surface area contributed by atoms with Crippen LogP contribution < -0.4 is 5.32 Å². The Morgan fingerprint density at radius 2 is 2.08 bits per heavy atom. The summed E-state index contributed by atoms with van der Waals surface area (Å²) in [6.45, 7) is 7.88. The summed E-state index contributed by atoms with van der Waals surface area (Å²) < 4.78 is 22.0. The molecule has 0 bridgehead atoms. The fraction of sp³-hybridized carbons (Fsp3) is 0.765. The molecule has 6 nitrogen and oxygen atoms in total. The number of hydrogen-bond acceptors (Lipinski definition) is 5. The van der Waals surface area contributed by atoms with Crippen LogP contribution >= 0.6 is 0 Å². The van der Waals surface area contributed by atoms with Gasteiger partial charge in [-0.25, -0.2) is 0 Å². The molecule has 1 aromatic heterocycles. The van der Waals surface area contributed by atoms with Crippen LogP contribution in [-0.2, 0) is 25.7 Å². The van der Waals surface area contributed by atoms with Gasteiger partial charge in [0.2, 0.25) is 11.8 Å². The number of hydrogen-bond donors (Lipinski definition) is 1. The van der Waals surface area contributed by atoms with Crippen LogP contribution in [0.15, 0.2) is 10.6 Å². The Kier molecular flexibility index (Phi) is 5.86. The van der Waals surface area contributed by atoms with Crippen molar-refractivity contribution in [3.05, 3.63) is 11.8 Å². The predicted molar refractivity (Wildman–Crippen MR) is 94.5 cm³/mol. The summed E-state index contributed by atoms with van der Waals surface area (Å²) in [5.74, 6) is 1.04. The van der Waals surface area contributed by atoms with Gasteiger partial charge in [0.15, 0.2) is 0 Å². The Morgan fingerprint density at radius 1 is 1.42 bits per heavy atom. The number of aromatic nitrogens is 1. The lowest BCUT2D eigenvalue weighted by Gasteiger charge is -2.29. The molecule has 1 heterocycles. The van der Waals surface area contributed by atoms with Crippen molar-refractivity contribution in [3.63, 3.8) is 0 Å². The van der Waals surface area contributed by atoms with Gasteiger partial charge < -0.3 is 9.26 Å². The molecule has 1 aliphatic carbocycles. The van der Waals surface area contributed by atoms with E-state index in [0.717, 1.165) is 12.8 Å². The van der Waals surface area contributed by atoms with E-state index < -0.39 is 15.5 Å². The third-order valence-electron chi connectivity index (χ3n) is 4.67. The molecule has 0 spiro atoms. The fourth-order valence-electron chi connectivity index (χ4n) is 2.54.